The van der Waals surface area contributed by atoms with Crippen molar-refractivity contribution in [3.63, 3.8) is 0 Å². The normalized spacial score (nSPS) is 11.6. The number of anilines is 1. The molecule has 0 fully saturated rings. The van der Waals surface area contributed by atoms with Crippen LogP contribution >= 0.6 is 12.2 Å². The molecule has 0 saturated carbocycles. The summed E-state index contributed by atoms with van der Waals surface area (Å²) in [5.74, 6) is -1.28. The average Bonchev–Trinajstić information content (AvgIpc) is 2.35. The third-order valence-corrected chi connectivity index (χ3v) is 2.55. The predicted molar refractivity (Wildman–Crippen MR) is 73.5 cm³/mol. The van der Waals surface area contributed by atoms with Crippen LogP contribution in [-0.4, -0.2) is 34.4 Å². The molecular formula is C12H16N2O3S. The second-order valence-corrected chi connectivity index (χ2v) is 4.26. The second-order valence-electron chi connectivity index (χ2n) is 3.85. The van der Waals surface area contributed by atoms with E-state index in [-0.39, 0.29) is 18.9 Å². The number of hydrogen-bond acceptors (Lipinski definition) is 3. The topological polar surface area (TPSA) is 81.6 Å². The molecule has 0 aliphatic carbocycles. The maximum Gasteiger partial charge on any atom is 0.303 e. The van der Waals surface area contributed by atoms with Gasteiger partial charge in [0.15, 0.2) is 5.11 Å². The molecule has 1 aromatic carbocycles. The first kappa shape index (κ1) is 14.4. The van der Waals surface area contributed by atoms with Gasteiger partial charge in [-0.25, -0.2) is 0 Å². The average molecular weight is 268 g/mol. The first-order valence-electron chi connectivity index (χ1n) is 5.54. The highest BCUT2D eigenvalue weighted by molar-refractivity contribution is 7.80. The zero-order chi connectivity index (χ0) is 13.4. The Morgan fingerprint density at radius 2 is 2.00 bits per heavy atom. The summed E-state index contributed by atoms with van der Waals surface area (Å²) >= 11 is 5.06. The molecule has 18 heavy (non-hydrogen) atoms. The van der Waals surface area contributed by atoms with Gasteiger partial charge in [0, 0.05) is 24.8 Å². The molecule has 6 heteroatoms. The number of carboxylic acids is 1. The van der Waals surface area contributed by atoms with E-state index in [9.17, 15) is 4.79 Å². The molecule has 0 bridgehead atoms. The van der Waals surface area contributed by atoms with Gasteiger partial charge < -0.3 is 20.8 Å². The lowest BCUT2D eigenvalue weighted by Crippen LogP contribution is -2.34. The van der Waals surface area contributed by atoms with E-state index < -0.39 is 5.97 Å². The number of aliphatic carboxylic acids is 1. The fourth-order valence-electron chi connectivity index (χ4n) is 1.38. The van der Waals surface area contributed by atoms with E-state index in [1.165, 1.54) is 0 Å². The maximum absolute atomic E-state index is 10.5. The first-order chi connectivity index (χ1) is 8.61. The van der Waals surface area contributed by atoms with Crippen molar-refractivity contribution < 1.29 is 15.0 Å². The number of rotatable bonds is 6. The van der Waals surface area contributed by atoms with Crippen molar-refractivity contribution >= 4 is 29.0 Å². The van der Waals surface area contributed by atoms with Crippen molar-refractivity contribution in [2.45, 2.75) is 6.42 Å². The van der Waals surface area contributed by atoms with Crippen LogP contribution in [-0.2, 0) is 4.79 Å². The van der Waals surface area contributed by atoms with E-state index in [1.54, 1.807) is 0 Å². The van der Waals surface area contributed by atoms with Gasteiger partial charge in [-0.15, -0.1) is 0 Å². The first-order valence-corrected chi connectivity index (χ1v) is 5.95. The number of carboxylic acid groups (broad SMARTS) is 1. The van der Waals surface area contributed by atoms with Crippen LogP contribution in [0.15, 0.2) is 30.3 Å². The number of hydrogen-bond donors (Lipinski definition) is 4. The van der Waals surface area contributed by atoms with Gasteiger partial charge in [-0.3, -0.25) is 4.79 Å². The van der Waals surface area contributed by atoms with E-state index in [0.717, 1.165) is 5.69 Å². The molecule has 0 saturated heterocycles. The Morgan fingerprint density at radius 3 is 2.56 bits per heavy atom. The van der Waals surface area contributed by atoms with Crippen LogP contribution in [0.1, 0.15) is 6.42 Å². The van der Waals surface area contributed by atoms with Gasteiger partial charge in [0.25, 0.3) is 0 Å². The van der Waals surface area contributed by atoms with Crippen molar-refractivity contribution in [2.24, 2.45) is 5.92 Å². The van der Waals surface area contributed by atoms with E-state index in [2.05, 4.69) is 10.6 Å². The molecule has 0 radical (unpaired) electrons. The molecule has 0 aliphatic rings. The summed E-state index contributed by atoms with van der Waals surface area (Å²) in [5.41, 5.74) is 0.855. The van der Waals surface area contributed by atoms with Gasteiger partial charge in [-0.1, -0.05) is 18.2 Å². The number of thiocarbonyl (C=S) groups is 1. The van der Waals surface area contributed by atoms with Crippen molar-refractivity contribution in [3.05, 3.63) is 30.3 Å². The second kappa shape index (κ2) is 7.62. The third-order valence-electron chi connectivity index (χ3n) is 2.30. The van der Waals surface area contributed by atoms with Crippen LogP contribution in [0, 0.1) is 5.92 Å². The number of aliphatic hydroxyl groups excluding tert-OH is 1. The Balaban J connectivity index is 2.34. The Morgan fingerprint density at radius 1 is 1.33 bits per heavy atom. The van der Waals surface area contributed by atoms with Gasteiger partial charge in [-0.2, -0.15) is 0 Å². The van der Waals surface area contributed by atoms with Gasteiger partial charge in [0.1, 0.15) is 0 Å². The van der Waals surface area contributed by atoms with Crippen LogP contribution in [0.2, 0.25) is 0 Å². The highest BCUT2D eigenvalue weighted by Crippen LogP contribution is 2.05. The van der Waals surface area contributed by atoms with Crippen LogP contribution in [0.5, 0.6) is 0 Å². The molecular weight excluding hydrogens is 252 g/mol. The Kier molecular flexibility index (Phi) is 6.10. The molecule has 4 N–H and O–H groups in total. The summed E-state index contributed by atoms with van der Waals surface area (Å²) in [6, 6.07) is 9.40. The molecule has 0 spiro atoms. The van der Waals surface area contributed by atoms with Gasteiger partial charge in [0.05, 0.1) is 6.42 Å². The summed E-state index contributed by atoms with van der Waals surface area (Å²) in [6.07, 6.45) is -0.0859. The minimum atomic E-state index is -0.933. The van der Waals surface area contributed by atoms with E-state index in [1.807, 2.05) is 30.3 Å². The van der Waals surface area contributed by atoms with Gasteiger partial charge >= 0.3 is 5.97 Å². The third kappa shape index (κ3) is 5.60. The fraction of sp³-hybridized carbons (Fsp3) is 0.333. The molecule has 5 nitrogen and oxygen atoms in total. The lowest BCUT2D eigenvalue weighted by Gasteiger charge is -2.15. The van der Waals surface area contributed by atoms with E-state index in [0.29, 0.717) is 11.7 Å². The van der Waals surface area contributed by atoms with Crippen molar-refractivity contribution in [1.29, 1.82) is 0 Å². The van der Waals surface area contributed by atoms with Crippen molar-refractivity contribution in [1.82, 2.24) is 5.32 Å². The van der Waals surface area contributed by atoms with Gasteiger partial charge in [-0.05, 0) is 24.4 Å². The number of carbonyl (C=O) groups is 1. The van der Waals surface area contributed by atoms with Crippen LogP contribution in [0.25, 0.3) is 0 Å². The molecule has 1 unspecified atom stereocenters. The largest absolute Gasteiger partial charge is 0.481 e. The van der Waals surface area contributed by atoms with Crippen molar-refractivity contribution in [2.75, 3.05) is 18.5 Å². The molecule has 1 atom stereocenters. The summed E-state index contributed by atoms with van der Waals surface area (Å²) in [5, 5.41) is 23.9. The number of nitrogens with one attached hydrogen (secondary N) is 2. The van der Waals surface area contributed by atoms with Crippen LogP contribution < -0.4 is 10.6 Å². The number of aliphatic hydroxyl groups is 1. The maximum atomic E-state index is 10.5. The van der Waals surface area contributed by atoms with E-state index in [4.69, 9.17) is 22.4 Å². The lowest BCUT2D eigenvalue weighted by atomic mass is 10.1. The zero-order valence-electron chi connectivity index (χ0n) is 9.80. The smallest absolute Gasteiger partial charge is 0.303 e. The van der Waals surface area contributed by atoms with Crippen LogP contribution in [0.3, 0.4) is 0 Å². The van der Waals surface area contributed by atoms with Crippen molar-refractivity contribution in [3.8, 4) is 0 Å². The molecule has 0 heterocycles. The summed E-state index contributed by atoms with van der Waals surface area (Å²) < 4.78 is 0. The van der Waals surface area contributed by atoms with Gasteiger partial charge in [0.2, 0.25) is 0 Å². The molecule has 1 aromatic rings. The quantitative estimate of drug-likeness (QED) is 0.578. The van der Waals surface area contributed by atoms with Crippen LogP contribution in [0.4, 0.5) is 5.69 Å². The van der Waals surface area contributed by atoms with E-state index >= 15 is 0 Å². The Labute approximate surface area is 111 Å². The monoisotopic (exact) mass is 268 g/mol. The molecule has 1 rings (SSSR count). The lowest BCUT2D eigenvalue weighted by molar-refractivity contribution is -0.138. The summed E-state index contributed by atoms with van der Waals surface area (Å²) in [4.78, 5) is 10.5. The molecule has 0 amide bonds. The highest BCUT2D eigenvalue weighted by Gasteiger charge is 2.12. The fourth-order valence-corrected chi connectivity index (χ4v) is 1.58. The predicted octanol–water partition coefficient (Wildman–Crippen LogP) is 1.06. The molecule has 0 aromatic heterocycles. The molecule has 0 aliphatic heterocycles. The zero-order valence-corrected chi connectivity index (χ0v) is 10.6. The Bertz CT molecular complexity index is 398. The summed E-state index contributed by atoms with van der Waals surface area (Å²) in [6.45, 7) is 0.134. The minimum absolute atomic E-state index is 0.0859. The SMILES string of the molecule is O=C(O)CC(CO)CNC(=S)Nc1ccccc1. The highest BCUT2D eigenvalue weighted by atomic mass is 32.1. The standard InChI is InChI=1S/C12H16N2O3S/c15-8-9(6-11(16)17)7-13-12(18)14-10-4-2-1-3-5-10/h1-5,9,15H,6-8H2,(H,16,17)(H2,13,14,18). The summed E-state index contributed by atoms with van der Waals surface area (Å²) in [7, 11) is 0. The molecule has 98 valence electrons. The minimum Gasteiger partial charge on any atom is -0.481 e. The number of para-hydroxylation sites is 1. The number of benzene rings is 1. The Hall–Kier alpha value is -1.66.